The zero-order valence-electron chi connectivity index (χ0n) is 13.3. The van der Waals surface area contributed by atoms with Gasteiger partial charge in [-0.15, -0.1) is 12.4 Å². The Morgan fingerprint density at radius 2 is 1.56 bits per heavy atom. The number of hydrogen-bond donors (Lipinski definition) is 0. The lowest BCUT2D eigenvalue weighted by Gasteiger charge is -2.06. The minimum absolute atomic E-state index is 0. The molecule has 0 bridgehead atoms. The Balaban J connectivity index is 0.00000182. The van der Waals surface area contributed by atoms with Gasteiger partial charge in [0.05, 0.1) is 11.0 Å². The van der Waals surface area contributed by atoms with Gasteiger partial charge in [0.2, 0.25) is 0 Å². The third-order valence-corrected chi connectivity index (χ3v) is 3.87. The predicted octanol–water partition coefficient (Wildman–Crippen LogP) is 5.76. The molecule has 4 heteroatoms. The van der Waals surface area contributed by atoms with Crippen LogP contribution in [0.2, 0.25) is 0 Å². The summed E-state index contributed by atoms with van der Waals surface area (Å²) in [5.74, 6) is 0.570. The maximum absolute atomic E-state index is 13.3. The van der Waals surface area contributed by atoms with E-state index in [1.807, 2.05) is 66.7 Å². The van der Waals surface area contributed by atoms with Crippen molar-refractivity contribution in [2.75, 3.05) is 0 Å². The standard InChI is InChI=1S/C21H15FN2.ClH/c22-17-8-6-7-16(15-17)13-14-21-23-19-11-4-5-12-20(19)24(21)18-9-2-1-3-10-18;/h1-15H;1H. The summed E-state index contributed by atoms with van der Waals surface area (Å²) in [5, 5.41) is 0. The Hall–Kier alpha value is -2.91. The first-order valence-electron chi connectivity index (χ1n) is 7.78. The second kappa shape index (κ2) is 7.32. The van der Waals surface area contributed by atoms with Crippen molar-refractivity contribution in [3.8, 4) is 5.69 Å². The molecule has 4 aromatic rings. The molecule has 0 spiro atoms. The van der Waals surface area contributed by atoms with E-state index in [2.05, 4.69) is 10.6 Å². The molecule has 4 rings (SSSR count). The molecule has 0 aliphatic rings. The van der Waals surface area contributed by atoms with Crippen molar-refractivity contribution >= 4 is 35.6 Å². The molecule has 1 heterocycles. The van der Waals surface area contributed by atoms with Gasteiger partial charge in [-0.3, -0.25) is 4.57 Å². The molecule has 0 atom stereocenters. The zero-order chi connectivity index (χ0) is 16.4. The fraction of sp³-hybridized carbons (Fsp3) is 0. The van der Waals surface area contributed by atoms with Crippen LogP contribution in [0, 0.1) is 5.82 Å². The van der Waals surface area contributed by atoms with Crippen molar-refractivity contribution in [1.29, 1.82) is 0 Å². The van der Waals surface area contributed by atoms with Gasteiger partial charge in [-0.1, -0.05) is 48.5 Å². The second-order valence-corrected chi connectivity index (χ2v) is 5.52. The van der Waals surface area contributed by atoms with E-state index >= 15 is 0 Å². The molecular weight excluding hydrogens is 335 g/mol. The molecule has 0 unspecified atom stereocenters. The second-order valence-electron chi connectivity index (χ2n) is 5.52. The fourth-order valence-corrected chi connectivity index (χ4v) is 2.79. The summed E-state index contributed by atoms with van der Waals surface area (Å²) >= 11 is 0. The lowest BCUT2D eigenvalue weighted by Crippen LogP contribution is -1.96. The molecule has 25 heavy (non-hydrogen) atoms. The van der Waals surface area contributed by atoms with Crippen LogP contribution in [-0.2, 0) is 0 Å². The number of para-hydroxylation sites is 3. The minimum Gasteiger partial charge on any atom is -0.293 e. The summed E-state index contributed by atoms with van der Waals surface area (Å²) < 4.78 is 15.5. The van der Waals surface area contributed by atoms with Gasteiger partial charge in [-0.25, -0.2) is 9.37 Å². The van der Waals surface area contributed by atoms with Crippen LogP contribution < -0.4 is 0 Å². The van der Waals surface area contributed by atoms with E-state index in [0.717, 1.165) is 28.1 Å². The van der Waals surface area contributed by atoms with Crippen LogP contribution in [0.5, 0.6) is 0 Å². The summed E-state index contributed by atoms with van der Waals surface area (Å²) in [6.45, 7) is 0. The summed E-state index contributed by atoms with van der Waals surface area (Å²) in [6.07, 6.45) is 3.80. The van der Waals surface area contributed by atoms with E-state index < -0.39 is 0 Å². The quantitative estimate of drug-likeness (QED) is 0.459. The highest BCUT2D eigenvalue weighted by atomic mass is 35.5. The highest BCUT2D eigenvalue weighted by molar-refractivity contribution is 5.85. The lowest BCUT2D eigenvalue weighted by molar-refractivity contribution is 0.627. The van der Waals surface area contributed by atoms with Gasteiger partial charge in [0.25, 0.3) is 0 Å². The van der Waals surface area contributed by atoms with E-state index in [4.69, 9.17) is 4.98 Å². The highest BCUT2D eigenvalue weighted by Crippen LogP contribution is 2.22. The first-order valence-corrected chi connectivity index (χ1v) is 7.78. The van der Waals surface area contributed by atoms with Gasteiger partial charge in [0, 0.05) is 5.69 Å². The Morgan fingerprint density at radius 1 is 0.800 bits per heavy atom. The molecule has 0 aliphatic heterocycles. The Bertz CT molecular complexity index is 1020. The summed E-state index contributed by atoms with van der Waals surface area (Å²) in [6, 6.07) is 24.6. The Kier molecular flexibility index (Phi) is 4.96. The average molecular weight is 351 g/mol. The first kappa shape index (κ1) is 16.9. The number of aromatic nitrogens is 2. The van der Waals surface area contributed by atoms with Crippen molar-refractivity contribution < 1.29 is 4.39 Å². The lowest BCUT2D eigenvalue weighted by atomic mass is 10.2. The average Bonchev–Trinajstić information content (AvgIpc) is 2.99. The smallest absolute Gasteiger partial charge is 0.138 e. The fourth-order valence-electron chi connectivity index (χ4n) is 2.79. The molecule has 0 radical (unpaired) electrons. The van der Waals surface area contributed by atoms with Crippen molar-refractivity contribution in [2.45, 2.75) is 0 Å². The van der Waals surface area contributed by atoms with Crippen LogP contribution in [0.1, 0.15) is 11.4 Å². The molecule has 0 N–H and O–H groups in total. The normalized spacial score (nSPS) is 10.9. The number of hydrogen-bond acceptors (Lipinski definition) is 1. The van der Waals surface area contributed by atoms with Crippen LogP contribution >= 0.6 is 12.4 Å². The van der Waals surface area contributed by atoms with Crippen molar-refractivity contribution in [1.82, 2.24) is 9.55 Å². The van der Waals surface area contributed by atoms with Gasteiger partial charge in [-0.2, -0.15) is 0 Å². The van der Waals surface area contributed by atoms with E-state index in [0.29, 0.717) is 0 Å². The van der Waals surface area contributed by atoms with Gasteiger partial charge in [0.1, 0.15) is 11.6 Å². The van der Waals surface area contributed by atoms with Gasteiger partial charge in [0.15, 0.2) is 0 Å². The molecule has 124 valence electrons. The first-order chi connectivity index (χ1) is 11.8. The Labute approximate surface area is 151 Å². The molecule has 1 aromatic heterocycles. The van der Waals surface area contributed by atoms with Gasteiger partial charge in [-0.05, 0) is 48.0 Å². The maximum atomic E-state index is 13.3. The summed E-state index contributed by atoms with van der Waals surface area (Å²) in [5.41, 5.74) is 3.83. The topological polar surface area (TPSA) is 17.8 Å². The summed E-state index contributed by atoms with van der Waals surface area (Å²) in [7, 11) is 0. The molecule has 0 saturated carbocycles. The highest BCUT2D eigenvalue weighted by Gasteiger charge is 2.09. The van der Waals surface area contributed by atoms with Crippen LogP contribution in [0.15, 0.2) is 78.9 Å². The van der Waals surface area contributed by atoms with Crippen molar-refractivity contribution in [3.05, 3.63) is 96.1 Å². The van der Waals surface area contributed by atoms with E-state index in [-0.39, 0.29) is 18.2 Å². The van der Waals surface area contributed by atoms with Gasteiger partial charge >= 0.3 is 0 Å². The number of fused-ring (bicyclic) bond motifs is 1. The number of nitrogens with zero attached hydrogens (tertiary/aromatic N) is 2. The number of benzene rings is 3. The molecule has 0 aliphatic carbocycles. The third-order valence-electron chi connectivity index (χ3n) is 3.87. The monoisotopic (exact) mass is 350 g/mol. The molecular formula is C21H16ClFN2. The van der Waals surface area contributed by atoms with Crippen LogP contribution in [0.4, 0.5) is 4.39 Å². The molecule has 0 saturated heterocycles. The molecule has 3 aromatic carbocycles. The van der Waals surface area contributed by atoms with E-state index in [1.54, 1.807) is 6.07 Å². The van der Waals surface area contributed by atoms with Crippen LogP contribution in [0.3, 0.4) is 0 Å². The van der Waals surface area contributed by atoms with E-state index in [1.165, 1.54) is 12.1 Å². The van der Waals surface area contributed by atoms with Gasteiger partial charge < -0.3 is 0 Å². The maximum Gasteiger partial charge on any atom is 0.138 e. The van der Waals surface area contributed by atoms with E-state index in [9.17, 15) is 4.39 Å². The van der Waals surface area contributed by atoms with Crippen LogP contribution in [0.25, 0.3) is 28.9 Å². The third kappa shape index (κ3) is 3.47. The predicted molar refractivity (Wildman–Crippen MR) is 104 cm³/mol. The van der Waals surface area contributed by atoms with Crippen molar-refractivity contribution in [2.24, 2.45) is 0 Å². The Morgan fingerprint density at radius 3 is 2.36 bits per heavy atom. The van der Waals surface area contributed by atoms with Crippen LogP contribution in [-0.4, -0.2) is 9.55 Å². The number of halogens is 2. The van der Waals surface area contributed by atoms with Crippen molar-refractivity contribution in [3.63, 3.8) is 0 Å². The minimum atomic E-state index is -0.242. The largest absolute Gasteiger partial charge is 0.293 e. The molecule has 0 amide bonds. The number of rotatable bonds is 3. The summed E-state index contributed by atoms with van der Waals surface area (Å²) in [4.78, 5) is 4.71. The molecule has 2 nitrogen and oxygen atoms in total. The zero-order valence-corrected chi connectivity index (χ0v) is 14.2. The SMILES string of the molecule is Cl.Fc1cccc(C=Cc2nc3ccccc3n2-c2ccccc2)c1. The molecule has 0 fully saturated rings. The number of imidazole rings is 1.